The highest BCUT2D eigenvalue weighted by molar-refractivity contribution is 5.88. The maximum absolute atomic E-state index is 11.5. The Bertz CT molecular complexity index is 297. The molecular formula is C9H13N3O3. The minimum Gasteiger partial charge on any atom is -0.377 e. The van der Waals surface area contributed by atoms with Gasteiger partial charge in [-0.2, -0.15) is 5.26 Å². The molecule has 1 aliphatic heterocycles. The highest BCUT2D eigenvalue weighted by Gasteiger charge is 2.31. The van der Waals surface area contributed by atoms with Crippen LogP contribution in [0.3, 0.4) is 0 Å². The number of hydrogen-bond donors (Lipinski definition) is 1. The first-order chi connectivity index (χ1) is 7.20. The topological polar surface area (TPSA) is 82.4 Å². The predicted octanol–water partition coefficient (Wildman–Crippen LogP) is -1.13. The average molecular weight is 211 g/mol. The Kier molecular flexibility index (Phi) is 4.06. The van der Waals surface area contributed by atoms with Crippen LogP contribution in [-0.2, 0) is 14.3 Å². The van der Waals surface area contributed by atoms with Gasteiger partial charge in [-0.25, -0.2) is 0 Å². The van der Waals surface area contributed by atoms with Gasteiger partial charge in [0.1, 0.15) is 12.5 Å². The van der Waals surface area contributed by atoms with Crippen LogP contribution in [0.25, 0.3) is 0 Å². The average Bonchev–Trinajstić information content (AvgIpc) is 2.28. The molecule has 2 amide bonds. The molecule has 1 N–H and O–H groups in total. The van der Waals surface area contributed by atoms with Crippen molar-refractivity contribution in [1.29, 1.82) is 5.26 Å². The van der Waals surface area contributed by atoms with Gasteiger partial charge < -0.3 is 15.0 Å². The van der Waals surface area contributed by atoms with Gasteiger partial charge in [-0.1, -0.05) is 0 Å². The number of nitriles is 1. The number of ether oxygens (including phenoxy) is 1. The summed E-state index contributed by atoms with van der Waals surface area (Å²) in [6.07, 6.45) is -0.201. The second-order valence-corrected chi connectivity index (χ2v) is 3.13. The Morgan fingerprint density at radius 1 is 1.67 bits per heavy atom. The van der Waals surface area contributed by atoms with Crippen molar-refractivity contribution >= 4 is 11.8 Å². The predicted molar refractivity (Wildman–Crippen MR) is 50.6 cm³/mol. The second-order valence-electron chi connectivity index (χ2n) is 3.13. The first-order valence-electron chi connectivity index (χ1n) is 4.66. The normalized spacial score (nSPS) is 20.5. The molecule has 0 bridgehead atoms. The van der Waals surface area contributed by atoms with Crippen molar-refractivity contribution in [2.24, 2.45) is 0 Å². The van der Waals surface area contributed by atoms with E-state index in [9.17, 15) is 9.59 Å². The van der Waals surface area contributed by atoms with Crippen LogP contribution in [0, 0.1) is 11.3 Å². The summed E-state index contributed by atoms with van der Waals surface area (Å²) in [5.41, 5.74) is 0. The standard InChI is InChI=1S/C9H13N3O3/c1-11-9(14)7-6-15-5-4-12(7)8(13)2-3-10/h7H,2,4-6H2,1H3,(H,11,14). The van der Waals surface area contributed by atoms with E-state index < -0.39 is 6.04 Å². The van der Waals surface area contributed by atoms with Crippen molar-refractivity contribution < 1.29 is 14.3 Å². The summed E-state index contributed by atoms with van der Waals surface area (Å²) in [4.78, 5) is 24.3. The Labute approximate surface area is 87.8 Å². The van der Waals surface area contributed by atoms with Crippen LogP contribution in [0.5, 0.6) is 0 Å². The lowest BCUT2D eigenvalue weighted by Crippen LogP contribution is -2.55. The zero-order valence-corrected chi connectivity index (χ0v) is 8.52. The molecule has 6 heteroatoms. The van der Waals surface area contributed by atoms with E-state index in [0.717, 1.165) is 0 Å². The quantitative estimate of drug-likeness (QED) is 0.626. The van der Waals surface area contributed by atoms with E-state index in [1.54, 1.807) is 6.07 Å². The molecule has 0 aromatic rings. The molecule has 0 radical (unpaired) electrons. The summed E-state index contributed by atoms with van der Waals surface area (Å²) in [5, 5.41) is 10.9. The van der Waals surface area contributed by atoms with Crippen LogP contribution in [-0.4, -0.2) is 49.6 Å². The summed E-state index contributed by atoms with van der Waals surface area (Å²) in [5.74, 6) is -0.588. The molecule has 6 nitrogen and oxygen atoms in total. The number of carbonyl (C=O) groups excluding carboxylic acids is 2. The van der Waals surface area contributed by atoms with E-state index in [1.807, 2.05) is 0 Å². The summed E-state index contributed by atoms with van der Waals surface area (Å²) < 4.78 is 5.13. The van der Waals surface area contributed by atoms with Crippen LogP contribution in [0.4, 0.5) is 0 Å². The number of morpholine rings is 1. The van der Waals surface area contributed by atoms with Crippen molar-refractivity contribution in [1.82, 2.24) is 10.2 Å². The minimum atomic E-state index is -0.607. The van der Waals surface area contributed by atoms with Gasteiger partial charge in [0.25, 0.3) is 0 Å². The van der Waals surface area contributed by atoms with Gasteiger partial charge in [0, 0.05) is 13.6 Å². The molecule has 1 heterocycles. The fourth-order valence-electron chi connectivity index (χ4n) is 1.46. The SMILES string of the molecule is CNC(=O)C1COCCN1C(=O)CC#N. The third kappa shape index (κ3) is 2.67. The zero-order chi connectivity index (χ0) is 11.3. The van der Waals surface area contributed by atoms with Gasteiger partial charge in [-0.3, -0.25) is 9.59 Å². The van der Waals surface area contributed by atoms with Gasteiger partial charge in [-0.05, 0) is 0 Å². The second kappa shape index (κ2) is 5.32. The molecule has 0 aliphatic carbocycles. The van der Waals surface area contributed by atoms with E-state index in [4.69, 9.17) is 10.00 Å². The number of likely N-dealkylation sites (N-methyl/N-ethyl adjacent to an activating group) is 1. The molecule has 0 saturated carbocycles. The fraction of sp³-hybridized carbons (Fsp3) is 0.667. The molecule has 1 rings (SSSR count). The van der Waals surface area contributed by atoms with Gasteiger partial charge in [-0.15, -0.1) is 0 Å². The molecule has 82 valence electrons. The van der Waals surface area contributed by atoms with E-state index in [1.165, 1.54) is 11.9 Å². The Morgan fingerprint density at radius 2 is 2.40 bits per heavy atom. The molecule has 1 saturated heterocycles. The Hall–Kier alpha value is -1.61. The molecule has 0 spiro atoms. The van der Waals surface area contributed by atoms with Crippen molar-refractivity contribution in [2.75, 3.05) is 26.8 Å². The monoisotopic (exact) mass is 211 g/mol. The fourth-order valence-corrected chi connectivity index (χ4v) is 1.46. The molecule has 1 atom stereocenters. The lowest BCUT2D eigenvalue weighted by atomic mass is 10.2. The molecule has 1 fully saturated rings. The zero-order valence-electron chi connectivity index (χ0n) is 8.52. The lowest BCUT2D eigenvalue weighted by Gasteiger charge is -2.33. The summed E-state index contributed by atoms with van der Waals surface area (Å²) >= 11 is 0. The first-order valence-corrected chi connectivity index (χ1v) is 4.66. The molecule has 0 aromatic heterocycles. The minimum absolute atomic E-state index is 0.191. The van der Waals surface area contributed by atoms with Gasteiger partial charge in [0.05, 0.1) is 19.3 Å². The Morgan fingerprint density at radius 3 is 3.00 bits per heavy atom. The lowest BCUT2D eigenvalue weighted by molar-refractivity contribution is -0.147. The van der Waals surface area contributed by atoms with Crippen LogP contribution in [0.15, 0.2) is 0 Å². The van der Waals surface area contributed by atoms with E-state index in [-0.39, 0.29) is 24.8 Å². The third-order valence-electron chi connectivity index (χ3n) is 2.23. The van der Waals surface area contributed by atoms with Crippen LogP contribution in [0.1, 0.15) is 6.42 Å². The number of rotatable bonds is 2. The van der Waals surface area contributed by atoms with Gasteiger partial charge >= 0.3 is 0 Å². The third-order valence-corrected chi connectivity index (χ3v) is 2.23. The number of nitrogens with zero attached hydrogens (tertiary/aromatic N) is 2. The van der Waals surface area contributed by atoms with Crippen molar-refractivity contribution in [2.45, 2.75) is 12.5 Å². The van der Waals surface area contributed by atoms with Gasteiger partial charge in [0.2, 0.25) is 11.8 Å². The van der Waals surface area contributed by atoms with Crippen molar-refractivity contribution in [3.63, 3.8) is 0 Å². The number of amides is 2. The Balaban J connectivity index is 2.70. The first kappa shape index (κ1) is 11.5. The molecular weight excluding hydrogens is 198 g/mol. The van der Waals surface area contributed by atoms with Crippen LogP contribution < -0.4 is 5.32 Å². The van der Waals surface area contributed by atoms with Crippen molar-refractivity contribution in [3.8, 4) is 6.07 Å². The largest absolute Gasteiger partial charge is 0.377 e. The summed E-state index contributed by atoms with van der Waals surface area (Å²) in [6, 6.07) is 1.17. The number of nitrogens with one attached hydrogen (secondary N) is 1. The molecule has 1 unspecified atom stereocenters. The number of carbonyl (C=O) groups is 2. The molecule has 1 aliphatic rings. The summed E-state index contributed by atoms with van der Waals surface area (Å²) in [6.45, 7) is 0.958. The van der Waals surface area contributed by atoms with E-state index in [0.29, 0.717) is 13.2 Å². The number of hydrogen-bond acceptors (Lipinski definition) is 4. The van der Waals surface area contributed by atoms with Crippen LogP contribution >= 0.6 is 0 Å². The van der Waals surface area contributed by atoms with Crippen LogP contribution in [0.2, 0.25) is 0 Å². The van der Waals surface area contributed by atoms with E-state index >= 15 is 0 Å². The molecule has 15 heavy (non-hydrogen) atoms. The summed E-state index contributed by atoms with van der Waals surface area (Å²) in [7, 11) is 1.50. The maximum Gasteiger partial charge on any atom is 0.244 e. The maximum atomic E-state index is 11.5. The van der Waals surface area contributed by atoms with Gasteiger partial charge in [0.15, 0.2) is 0 Å². The smallest absolute Gasteiger partial charge is 0.244 e. The van der Waals surface area contributed by atoms with E-state index in [2.05, 4.69) is 5.32 Å². The highest BCUT2D eigenvalue weighted by Crippen LogP contribution is 2.08. The van der Waals surface area contributed by atoms with Crippen molar-refractivity contribution in [3.05, 3.63) is 0 Å². The highest BCUT2D eigenvalue weighted by atomic mass is 16.5. The molecule has 0 aromatic carbocycles.